The summed E-state index contributed by atoms with van der Waals surface area (Å²) in [5.41, 5.74) is 1.69. The van der Waals surface area contributed by atoms with Gasteiger partial charge < -0.3 is 5.32 Å². The zero-order chi connectivity index (χ0) is 15.4. The van der Waals surface area contributed by atoms with E-state index in [9.17, 15) is 4.79 Å². The minimum atomic E-state index is -0.0869. The Kier molecular flexibility index (Phi) is 5.43. The highest BCUT2D eigenvalue weighted by Crippen LogP contribution is 2.25. The Labute approximate surface area is 138 Å². The molecule has 0 heterocycles. The molecule has 21 heavy (non-hydrogen) atoms. The third-order valence-electron chi connectivity index (χ3n) is 3.30. The summed E-state index contributed by atoms with van der Waals surface area (Å²) in [5.74, 6) is 0.189. The summed E-state index contributed by atoms with van der Waals surface area (Å²) in [6.45, 7) is 4.17. The molecular weight excluding hydrogens is 350 g/mol. The largest absolute Gasteiger partial charge is 0.345 e. The number of benzene rings is 2. The van der Waals surface area contributed by atoms with Gasteiger partial charge in [0.2, 0.25) is 0 Å². The molecule has 2 rings (SSSR count). The summed E-state index contributed by atoms with van der Waals surface area (Å²) in [6.07, 6.45) is 0. The predicted octanol–water partition coefficient (Wildman–Crippen LogP) is 5.23. The van der Waals surface area contributed by atoms with Crippen molar-refractivity contribution in [1.29, 1.82) is 0 Å². The van der Waals surface area contributed by atoms with Crippen LogP contribution in [0.25, 0.3) is 0 Å². The van der Waals surface area contributed by atoms with E-state index in [1.807, 2.05) is 42.5 Å². The summed E-state index contributed by atoms with van der Waals surface area (Å²) >= 11 is 9.34. The highest BCUT2D eigenvalue weighted by Gasteiger charge is 2.20. The molecule has 0 radical (unpaired) electrons. The van der Waals surface area contributed by atoms with Crippen molar-refractivity contribution in [3.8, 4) is 0 Å². The van der Waals surface area contributed by atoms with E-state index in [4.69, 9.17) is 11.6 Å². The Morgan fingerprint density at radius 1 is 1.10 bits per heavy atom. The molecule has 0 bridgehead atoms. The lowest BCUT2D eigenvalue weighted by Gasteiger charge is -2.23. The normalized spacial score (nSPS) is 12.2. The maximum Gasteiger partial charge on any atom is 0.252 e. The smallest absolute Gasteiger partial charge is 0.252 e. The van der Waals surface area contributed by atoms with Crippen molar-refractivity contribution in [1.82, 2.24) is 5.32 Å². The zero-order valence-corrected chi connectivity index (χ0v) is 14.3. The SMILES string of the molecule is CC(C)C(NC(=O)c1ccccc1Br)c1ccc(Cl)cc1. The number of halogens is 2. The lowest BCUT2D eigenvalue weighted by Crippen LogP contribution is -2.31. The second-order valence-corrected chi connectivity index (χ2v) is 6.52. The van der Waals surface area contributed by atoms with Crippen LogP contribution < -0.4 is 5.32 Å². The topological polar surface area (TPSA) is 29.1 Å². The molecule has 0 aliphatic carbocycles. The zero-order valence-electron chi connectivity index (χ0n) is 11.9. The maximum absolute atomic E-state index is 12.5. The van der Waals surface area contributed by atoms with E-state index in [-0.39, 0.29) is 17.9 Å². The Hall–Kier alpha value is -1.32. The van der Waals surface area contributed by atoms with Crippen molar-refractivity contribution < 1.29 is 4.79 Å². The summed E-state index contributed by atoms with van der Waals surface area (Å²) < 4.78 is 0.793. The van der Waals surface area contributed by atoms with Gasteiger partial charge in [-0.15, -0.1) is 0 Å². The molecule has 1 unspecified atom stereocenters. The van der Waals surface area contributed by atoms with Crippen LogP contribution in [0.15, 0.2) is 53.0 Å². The second-order valence-electron chi connectivity index (χ2n) is 5.23. The van der Waals surface area contributed by atoms with Gasteiger partial charge in [-0.1, -0.05) is 49.7 Å². The number of nitrogens with one attached hydrogen (secondary N) is 1. The van der Waals surface area contributed by atoms with E-state index in [2.05, 4.69) is 35.1 Å². The molecule has 0 saturated carbocycles. The molecule has 2 aromatic rings. The van der Waals surface area contributed by atoms with Crippen molar-refractivity contribution in [3.05, 3.63) is 69.2 Å². The molecule has 2 nitrogen and oxygen atoms in total. The molecule has 110 valence electrons. The van der Waals surface area contributed by atoms with E-state index in [1.54, 1.807) is 6.07 Å². The van der Waals surface area contributed by atoms with Gasteiger partial charge in [0.25, 0.3) is 5.91 Å². The van der Waals surface area contributed by atoms with Gasteiger partial charge >= 0.3 is 0 Å². The molecule has 1 N–H and O–H groups in total. The van der Waals surface area contributed by atoms with Gasteiger partial charge in [-0.3, -0.25) is 4.79 Å². The van der Waals surface area contributed by atoms with Gasteiger partial charge in [0.05, 0.1) is 11.6 Å². The van der Waals surface area contributed by atoms with Crippen LogP contribution in [0.5, 0.6) is 0 Å². The van der Waals surface area contributed by atoms with Crippen LogP contribution in [0.2, 0.25) is 5.02 Å². The highest BCUT2D eigenvalue weighted by molar-refractivity contribution is 9.10. The summed E-state index contributed by atoms with van der Waals surface area (Å²) in [7, 11) is 0. The van der Waals surface area contributed by atoms with Gasteiger partial charge in [-0.25, -0.2) is 0 Å². The second kappa shape index (κ2) is 7.10. The van der Waals surface area contributed by atoms with Crippen LogP contribution in [0.1, 0.15) is 35.8 Å². The van der Waals surface area contributed by atoms with Gasteiger partial charge in [-0.2, -0.15) is 0 Å². The molecular formula is C17H17BrClNO. The van der Waals surface area contributed by atoms with E-state index in [0.29, 0.717) is 10.6 Å². The fourth-order valence-corrected chi connectivity index (χ4v) is 2.76. The fraction of sp³-hybridized carbons (Fsp3) is 0.235. The van der Waals surface area contributed by atoms with E-state index in [1.165, 1.54) is 0 Å². The quantitative estimate of drug-likeness (QED) is 0.788. The summed E-state index contributed by atoms with van der Waals surface area (Å²) in [6, 6.07) is 14.9. The number of carbonyl (C=O) groups is 1. The number of rotatable bonds is 4. The molecule has 0 aliphatic heterocycles. The maximum atomic E-state index is 12.5. The molecule has 0 aliphatic rings. The van der Waals surface area contributed by atoms with E-state index < -0.39 is 0 Å². The molecule has 4 heteroatoms. The molecule has 2 aromatic carbocycles. The lowest BCUT2D eigenvalue weighted by atomic mass is 9.95. The Balaban J connectivity index is 2.23. The molecule has 0 spiro atoms. The first-order valence-corrected chi connectivity index (χ1v) is 7.97. The summed E-state index contributed by atoms with van der Waals surface area (Å²) in [5, 5.41) is 3.79. The molecule has 0 fully saturated rings. The van der Waals surface area contributed by atoms with Gasteiger partial charge in [0.15, 0.2) is 0 Å². The molecule has 0 aromatic heterocycles. The third kappa shape index (κ3) is 4.08. The van der Waals surface area contributed by atoms with E-state index >= 15 is 0 Å². The first kappa shape index (κ1) is 16.1. The molecule has 1 amide bonds. The number of hydrogen-bond donors (Lipinski definition) is 1. The number of hydrogen-bond acceptors (Lipinski definition) is 1. The van der Waals surface area contributed by atoms with Crippen molar-refractivity contribution in [2.45, 2.75) is 19.9 Å². The van der Waals surface area contributed by atoms with Gasteiger partial charge in [0, 0.05) is 9.50 Å². The third-order valence-corrected chi connectivity index (χ3v) is 4.24. The molecule has 1 atom stereocenters. The Morgan fingerprint density at radius 3 is 2.29 bits per heavy atom. The minimum absolute atomic E-state index is 0.0538. The monoisotopic (exact) mass is 365 g/mol. The van der Waals surface area contributed by atoms with Crippen LogP contribution in [0, 0.1) is 5.92 Å². The number of carbonyl (C=O) groups excluding carboxylic acids is 1. The van der Waals surface area contributed by atoms with Gasteiger partial charge in [0.1, 0.15) is 0 Å². The predicted molar refractivity (Wildman–Crippen MR) is 90.6 cm³/mol. The van der Waals surface area contributed by atoms with Gasteiger partial charge in [-0.05, 0) is 51.7 Å². The Bertz CT molecular complexity index is 625. The van der Waals surface area contributed by atoms with Crippen molar-refractivity contribution >= 4 is 33.4 Å². The average molecular weight is 367 g/mol. The minimum Gasteiger partial charge on any atom is -0.345 e. The van der Waals surface area contributed by atoms with Crippen LogP contribution in [0.3, 0.4) is 0 Å². The van der Waals surface area contributed by atoms with Crippen LogP contribution >= 0.6 is 27.5 Å². The Morgan fingerprint density at radius 2 is 1.71 bits per heavy atom. The van der Waals surface area contributed by atoms with Crippen molar-refractivity contribution in [3.63, 3.8) is 0 Å². The average Bonchev–Trinajstić information content (AvgIpc) is 2.46. The first-order valence-electron chi connectivity index (χ1n) is 6.80. The fourth-order valence-electron chi connectivity index (χ4n) is 2.17. The van der Waals surface area contributed by atoms with Crippen LogP contribution in [-0.2, 0) is 0 Å². The number of amides is 1. The lowest BCUT2D eigenvalue weighted by molar-refractivity contribution is 0.0925. The van der Waals surface area contributed by atoms with Crippen molar-refractivity contribution in [2.75, 3.05) is 0 Å². The van der Waals surface area contributed by atoms with Crippen LogP contribution in [0.4, 0.5) is 0 Å². The van der Waals surface area contributed by atoms with Crippen molar-refractivity contribution in [2.24, 2.45) is 5.92 Å². The first-order chi connectivity index (χ1) is 9.99. The van der Waals surface area contributed by atoms with Crippen LogP contribution in [-0.4, -0.2) is 5.91 Å². The standard InChI is InChI=1S/C17H17BrClNO/c1-11(2)16(12-7-9-13(19)10-8-12)20-17(21)14-5-3-4-6-15(14)18/h3-11,16H,1-2H3,(H,20,21). The summed E-state index contributed by atoms with van der Waals surface area (Å²) in [4.78, 5) is 12.5. The highest BCUT2D eigenvalue weighted by atomic mass is 79.9. The van der Waals surface area contributed by atoms with E-state index in [0.717, 1.165) is 10.0 Å². The molecule has 0 saturated heterocycles.